The number of nitrogens with zero attached hydrogens (tertiary/aromatic N) is 1. The van der Waals surface area contributed by atoms with Gasteiger partial charge < -0.3 is 9.84 Å². The molecule has 1 heterocycles. The average Bonchev–Trinajstić information content (AvgIpc) is 2.60. The lowest BCUT2D eigenvalue weighted by atomic mass is 10.1. The van der Waals surface area contributed by atoms with Crippen molar-refractivity contribution >= 4 is 19.2 Å². The molecular formula is C18H23NO3Si. The average molecular weight is 329 g/mol. The predicted molar refractivity (Wildman–Crippen MR) is 93.1 cm³/mol. The molecule has 0 aliphatic heterocycles. The molecule has 1 atom stereocenters. The van der Waals surface area contributed by atoms with E-state index < -0.39 is 8.07 Å². The topological polar surface area (TPSA) is 59.4 Å². The Morgan fingerprint density at radius 3 is 2.43 bits per heavy atom. The van der Waals surface area contributed by atoms with Crippen molar-refractivity contribution in [1.82, 2.24) is 4.98 Å². The molecule has 0 aliphatic rings. The van der Waals surface area contributed by atoms with Crippen molar-refractivity contribution in [2.24, 2.45) is 0 Å². The number of methoxy groups -OCH3 is 1. The van der Waals surface area contributed by atoms with Crippen molar-refractivity contribution in [2.45, 2.75) is 31.7 Å². The second kappa shape index (κ2) is 7.52. The summed E-state index contributed by atoms with van der Waals surface area (Å²) >= 11 is 0. The van der Waals surface area contributed by atoms with Gasteiger partial charge in [-0.15, -0.1) is 0 Å². The summed E-state index contributed by atoms with van der Waals surface area (Å²) in [5.41, 5.74) is 1.72. The number of carbonyl (C=O) groups is 1. The maximum absolute atomic E-state index is 11.9. The molecule has 2 rings (SSSR count). The first-order valence-electron chi connectivity index (χ1n) is 7.67. The minimum absolute atomic E-state index is 0.0672. The van der Waals surface area contributed by atoms with E-state index in [4.69, 9.17) is 9.84 Å². The third-order valence-electron chi connectivity index (χ3n) is 4.40. The summed E-state index contributed by atoms with van der Waals surface area (Å²) in [5, 5.41) is 10.5. The van der Waals surface area contributed by atoms with Crippen LogP contribution in [0.2, 0.25) is 13.1 Å². The van der Waals surface area contributed by atoms with Crippen LogP contribution >= 0.6 is 0 Å². The minimum atomic E-state index is -1.96. The van der Waals surface area contributed by atoms with Crippen molar-refractivity contribution in [3.05, 3.63) is 59.9 Å². The molecule has 0 spiro atoms. The van der Waals surface area contributed by atoms with Gasteiger partial charge in [0.1, 0.15) is 0 Å². The van der Waals surface area contributed by atoms with E-state index in [1.807, 2.05) is 30.3 Å². The fourth-order valence-electron chi connectivity index (χ4n) is 2.84. The number of carbonyl (C=O) groups excluding carboxylic acids is 1. The number of aromatic nitrogens is 1. The molecule has 1 aromatic heterocycles. The summed E-state index contributed by atoms with van der Waals surface area (Å²) < 4.78 is 4.90. The largest absolute Gasteiger partial charge is 0.469 e. The first-order chi connectivity index (χ1) is 11.0. The summed E-state index contributed by atoms with van der Waals surface area (Å²) in [5.74, 6) is -0.210. The lowest BCUT2D eigenvalue weighted by Crippen LogP contribution is -2.48. The van der Waals surface area contributed by atoms with Gasteiger partial charge >= 0.3 is 5.97 Å². The number of rotatable bonds is 6. The first-order valence-corrected chi connectivity index (χ1v) is 10.7. The van der Waals surface area contributed by atoms with E-state index in [1.165, 1.54) is 12.3 Å². The van der Waals surface area contributed by atoms with E-state index in [-0.39, 0.29) is 18.1 Å². The van der Waals surface area contributed by atoms with Crippen molar-refractivity contribution in [3.63, 3.8) is 0 Å². The van der Waals surface area contributed by atoms with Crippen LogP contribution in [0.5, 0.6) is 0 Å². The molecule has 0 fully saturated rings. The maximum atomic E-state index is 11.9. The SMILES string of the molecule is COC(=O)CC(c1ccc(CO)nc1)[Si](C)(C)c1ccccc1. The molecule has 1 aromatic carbocycles. The monoisotopic (exact) mass is 329 g/mol. The molecule has 0 saturated heterocycles. The Bertz CT molecular complexity index is 641. The standard InChI is InChI=1S/C18H23NO3Si/c1-22-18(21)11-17(14-9-10-15(13-20)19-12-14)23(2,3)16-7-5-4-6-8-16/h4-10,12,17,20H,11,13H2,1-3H3. The van der Waals surface area contributed by atoms with Gasteiger partial charge in [0, 0.05) is 6.20 Å². The smallest absolute Gasteiger partial charge is 0.305 e. The number of benzene rings is 1. The number of ether oxygens (including phenoxy) is 1. The molecule has 0 radical (unpaired) electrons. The quantitative estimate of drug-likeness (QED) is 0.653. The Kier molecular flexibility index (Phi) is 5.68. The van der Waals surface area contributed by atoms with Gasteiger partial charge in [-0.2, -0.15) is 0 Å². The van der Waals surface area contributed by atoms with Crippen LogP contribution in [0.3, 0.4) is 0 Å². The van der Waals surface area contributed by atoms with Gasteiger partial charge in [-0.05, 0) is 17.2 Å². The normalized spacial score (nSPS) is 12.7. The van der Waals surface area contributed by atoms with E-state index in [0.29, 0.717) is 12.1 Å². The third-order valence-corrected chi connectivity index (χ3v) is 8.50. The summed E-state index contributed by atoms with van der Waals surface area (Å²) in [6.07, 6.45) is 2.11. The van der Waals surface area contributed by atoms with Gasteiger partial charge in [0.15, 0.2) is 0 Å². The van der Waals surface area contributed by atoms with Crippen molar-refractivity contribution in [3.8, 4) is 0 Å². The first kappa shape index (κ1) is 17.4. The van der Waals surface area contributed by atoms with Crippen LogP contribution in [0.4, 0.5) is 0 Å². The van der Waals surface area contributed by atoms with Gasteiger partial charge in [0.25, 0.3) is 0 Å². The summed E-state index contributed by atoms with van der Waals surface area (Å²) in [7, 11) is -0.539. The molecule has 0 saturated carbocycles. The maximum Gasteiger partial charge on any atom is 0.305 e. The van der Waals surface area contributed by atoms with Gasteiger partial charge in [0.2, 0.25) is 0 Å². The molecule has 122 valence electrons. The van der Waals surface area contributed by atoms with Gasteiger partial charge in [-0.1, -0.05) is 54.7 Å². The predicted octanol–water partition coefficient (Wildman–Crippen LogP) is 2.38. The number of esters is 1. The van der Waals surface area contributed by atoms with Crippen LogP contribution in [0, 0.1) is 0 Å². The Morgan fingerprint density at radius 2 is 1.91 bits per heavy atom. The van der Waals surface area contributed by atoms with Crippen molar-refractivity contribution in [1.29, 1.82) is 0 Å². The van der Waals surface area contributed by atoms with E-state index >= 15 is 0 Å². The lowest BCUT2D eigenvalue weighted by molar-refractivity contribution is -0.140. The highest BCUT2D eigenvalue weighted by molar-refractivity contribution is 6.91. The Morgan fingerprint density at radius 1 is 1.22 bits per heavy atom. The zero-order valence-corrected chi connectivity index (χ0v) is 14.8. The molecule has 23 heavy (non-hydrogen) atoms. The Labute approximate surface area is 138 Å². The number of hydrogen-bond donors (Lipinski definition) is 1. The Balaban J connectivity index is 2.42. The van der Waals surface area contributed by atoms with Gasteiger partial charge in [0.05, 0.1) is 33.9 Å². The zero-order chi connectivity index (χ0) is 16.9. The molecule has 0 amide bonds. The van der Waals surface area contributed by atoms with E-state index in [0.717, 1.165) is 5.56 Å². The van der Waals surface area contributed by atoms with Crippen LogP contribution in [0.15, 0.2) is 48.7 Å². The molecule has 0 aliphatic carbocycles. The van der Waals surface area contributed by atoms with E-state index in [9.17, 15) is 4.79 Å². The molecule has 5 heteroatoms. The molecule has 2 aromatic rings. The highest BCUT2D eigenvalue weighted by atomic mass is 28.3. The Hall–Kier alpha value is -1.98. The van der Waals surface area contributed by atoms with E-state index in [2.05, 4.69) is 30.2 Å². The number of hydrogen-bond acceptors (Lipinski definition) is 4. The van der Waals surface area contributed by atoms with Crippen LogP contribution in [-0.4, -0.2) is 31.2 Å². The highest BCUT2D eigenvalue weighted by Crippen LogP contribution is 2.30. The molecule has 0 bridgehead atoms. The van der Waals surface area contributed by atoms with Crippen molar-refractivity contribution in [2.75, 3.05) is 7.11 Å². The second-order valence-corrected chi connectivity index (χ2v) is 10.9. The van der Waals surface area contributed by atoms with Crippen molar-refractivity contribution < 1.29 is 14.6 Å². The molecular weight excluding hydrogens is 306 g/mol. The summed E-state index contributed by atoms with van der Waals surface area (Å²) in [6.45, 7) is 4.44. The number of aliphatic hydroxyl groups is 1. The van der Waals surface area contributed by atoms with E-state index in [1.54, 1.807) is 6.20 Å². The van der Waals surface area contributed by atoms with Crippen LogP contribution in [0.1, 0.15) is 23.2 Å². The minimum Gasteiger partial charge on any atom is -0.469 e. The highest BCUT2D eigenvalue weighted by Gasteiger charge is 2.36. The summed E-state index contributed by atoms with van der Waals surface area (Å²) in [6, 6.07) is 14.1. The second-order valence-electron chi connectivity index (χ2n) is 6.16. The number of aliphatic hydroxyl groups excluding tert-OH is 1. The molecule has 1 N–H and O–H groups in total. The third kappa shape index (κ3) is 4.06. The van der Waals surface area contributed by atoms with Crippen LogP contribution in [-0.2, 0) is 16.1 Å². The fraction of sp³-hybridized carbons (Fsp3) is 0.333. The number of pyridine rings is 1. The zero-order valence-electron chi connectivity index (χ0n) is 13.8. The van der Waals surface area contributed by atoms with Crippen LogP contribution in [0.25, 0.3) is 0 Å². The van der Waals surface area contributed by atoms with Gasteiger partial charge in [-0.3, -0.25) is 9.78 Å². The summed E-state index contributed by atoms with van der Waals surface area (Å²) in [4.78, 5) is 16.2. The fourth-order valence-corrected chi connectivity index (χ4v) is 5.98. The lowest BCUT2D eigenvalue weighted by Gasteiger charge is -2.32. The van der Waals surface area contributed by atoms with Crippen LogP contribution < -0.4 is 5.19 Å². The molecule has 1 unspecified atom stereocenters. The molecule has 4 nitrogen and oxygen atoms in total. The van der Waals surface area contributed by atoms with Gasteiger partial charge in [-0.25, -0.2) is 0 Å².